The van der Waals surface area contributed by atoms with E-state index < -0.39 is 86.8 Å². The largest absolute Gasteiger partial charge is 0.394 e. The van der Waals surface area contributed by atoms with Crippen LogP contribution in [-0.2, 0) is 23.7 Å². The highest BCUT2D eigenvalue weighted by Gasteiger charge is 2.51. The minimum Gasteiger partial charge on any atom is -0.394 e. The molecule has 0 radical (unpaired) electrons. The van der Waals surface area contributed by atoms with Crippen molar-refractivity contribution in [3.8, 4) is 0 Å². The number of hydrogen-bond donors (Lipinski definition) is 9. The molecular weight excluding hydrogens is 1150 g/mol. The third-order valence-electron chi connectivity index (χ3n) is 18.7. The molecule has 1 amide bonds. The molecule has 2 rings (SSSR count). The lowest BCUT2D eigenvalue weighted by Crippen LogP contribution is -2.65. The van der Waals surface area contributed by atoms with Crippen LogP contribution in [0.4, 0.5) is 0 Å². The van der Waals surface area contributed by atoms with E-state index in [9.17, 15) is 45.6 Å². The average Bonchev–Trinajstić information content (AvgIpc) is 1.15. The Kier molecular flexibility index (Phi) is 57.5. The molecule has 0 aromatic heterocycles. The van der Waals surface area contributed by atoms with Gasteiger partial charge in [0.05, 0.1) is 32.0 Å². The fourth-order valence-corrected chi connectivity index (χ4v) is 12.6. The first-order chi connectivity index (χ1) is 44.6. The number of nitrogens with one attached hydrogen (secondary N) is 1. The highest BCUT2D eigenvalue weighted by Crippen LogP contribution is 2.30. The lowest BCUT2D eigenvalue weighted by molar-refractivity contribution is -0.359. The van der Waals surface area contributed by atoms with Crippen molar-refractivity contribution in [2.45, 2.75) is 415 Å². The Bertz CT molecular complexity index is 1710. The number of ether oxygens (including phenoxy) is 4. The summed E-state index contributed by atoms with van der Waals surface area (Å²) in [4.78, 5) is 13.3. The van der Waals surface area contributed by atoms with E-state index in [0.717, 1.165) is 44.9 Å². The van der Waals surface area contributed by atoms with E-state index in [4.69, 9.17) is 18.9 Å². The predicted octanol–water partition coefficient (Wildman–Crippen LogP) is 16.6. The second-order valence-electron chi connectivity index (χ2n) is 27.1. The van der Waals surface area contributed by atoms with Gasteiger partial charge < -0.3 is 65.1 Å². The first-order valence-electron chi connectivity index (χ1n) is 38.4. The molecule has 2 saturated heterocycles. The normalized spacial score (nSPS) is 23.0. The third-order valence-corrected chi connectivity index (χ3v) is 18.7. The number of carbonyl (C=O) groups excluding carboxylic acids is 1. The van der Waals surface area contributed by atoms with Crippen molar-refractivity contribution in [3.63, 3.8) is 0 Å². The Balaban J connectivity index is 1.54. The number of unbranched alkanes of at least 4 members (excludes halogenated alkanes) is 45. The molecule has 0 spiro atoms. The lowest BCUT2D eigenvalue weighted by Gasteiger charge is -2.46. The van der Waals surface area contributed by atoms with Crippen LogP contribution in [0.1, 0.15) is 341 Å². The van der Waals surface area contributed by atoms with Gasteiger partial charge in [0.1, 0.15) is 48.8 Å². The van der Waals surface area contributed by atoms with Crippen LogP contribution in [0.25, 0.3) is 0 Å². The maximum absolute atomic E-state index is 13.3. The zero-order valence-corrected chi connectivity index (χ0v) is 58.3. The fourth-order valence-electron chi connectivity index (χ4n) is 12.6. The Morgan fingerprint density at radius 2 is 0.703 bits per heavy atom. The van der Waals surface area contributed by atoms with Gasteiger partial charge in [0.2, 0.25) is 5.91 Å². The molecule has 0 aromatic rings. The van der Waals surface area contributed by atoms with Crippen molar-refractivity contribution in [2.24, 2.45) is 0 Å². The van der Waals surface area contributed by atoms with Crippen LogP contribution in [-0.4, -0.2) is 140 Å². The number of amides is 1. The number of rotatable bonds is 64. The van der Waals surface area contributed by atoms with Crippen LogP contribution in [0.5, 0.6) is 0 Å². The van der Waals surface area contributed by atoms with Crippen LogP contribution in [0.3, 0.4) is 0 Å². The van der Waals surface area contributed by atoms with E-state index in [-0.39, 0.29) is 18.9 Å². The first-order valence-corrected chi connectivity index (χ1v) is 38.4. The monoisotopic (exact) mass is 1290 g/mol. The summed E-state index contributed by atoms with van der Waals surface area (Å²) in [6.45, 7) is 2.80. The molecule has 14 heteroatoms. The first kappa shape index (κ1) is 85.0. The van der Waals surface area contributed by atoms with Gasteiger partial charge in [-0.2, -0.15) is 0 Å². The molecule has 91 heavy (non-hydrogen) atoms. The molecule has 0 aliphatic carbocycles. The molecule has 12 unspecified atom stereocenters. The van der Waals surface area contributed by atoms with E-state index in [1.165, 1.54) is 263 Å². The summed E-state index contributed by atoms with van der Waals surface area (Å²) < 4.78 is 22.8. The smallest absolute Gasteiger partial charge is 0.220 e. The van der Waals surface area contributed by atoms with Gasteiger partial charge in [-0.25, -0.2) is 0 Å². The molecular formula is C77H143NO13. The van der Waals surface area contributed by atoms with Crippen molar-refractivity contribution in [1.29, 1.82) is 0 Å². The van der Waals surface area contributed by atoms with Crippen molar-refractivity contribution in [3.05, 3.63) is 48.6 Å². The van der Waals surface area contributed by atoms with Crippen molar-refractivity contribution >= 4 is 5.91 Å². The minimum absolute atomic E-state index is 0.248. The molecule has 2 heterocycles. The molecule has 534 valence electrons. The van der Waals surface area contributed by atoms with Crippen molar-refractivity contribution < 1.29 is 64.6 Å². The van der Waals surface area contributed by atoms with Crippen LogP contribution in [0.15, 0.2) is 48.6 Å². The quantitative estimate of drug-likeness (QED) is 0.0204. The summed E-state index contributed by atoms with van der Waals surface area (Å²) >= 11 is 0. The predicted molar refractivity (Wildman–Crippen MR) is 374 cm³/mol. The van der Waals surface area contributed by atoms with Gasteiger partial charge in [0.15, 0.2) is 12.6 Å². The molecule has 0 aromatic carbocycles. The Morgan fingerprint density at radius 3 is 1.08 bits per heavy atom. The van der Waals surface area contributed by atoms with E-state index in [1.54, 1.807) is 6.08 Å². The lowest BCUT2D eigenvalue weighted by atomic mass is 9.97. The molecule has 12 atom stereocenters. The van der Waals surface area contributed by atoms with Crippen LogP contribution < -0.4 is 5.32 Å². The summed E-state index contributed by atoms with van der Waals surface area (Å²) in [5, 5.41) is 87.3. The second kappa shape index (κ2) is 61.5. The van der Waals surface area contributed by atoms with Gasteiger partial charge in [-0.1, -0.05) is 313 Å². The molecule has 2 fully saturated rings. The summed E-state index contributed by atoms with van der Waals surface area (Å²) in [5.74, 6) is -0.248. The Morgan fingerprint density at radius 1 is 0.385 bits per heavy atom. The van der Waals surface area contributed by atoms with Gasteiger partial charge in [0, 0.05) is 6.42 Å². The summed E-state index contributed by atoms with van der Waals surface area (Å²) in [6.07, 6.45) is 65.1. The minimum atomic E-state index is -1.79. The number of hydrogen-bond acceptors (Lipinski definition) is 13. The number of carbonyl (C=O) groups is 1. The van der Waals surface area contributed by atoms with Crippen LogP contribution in [0.2, 0.25) is 0 Å². The van der Waals surface area contributed by atoms with Crippen LogP contribution >= 0.6 is 0 Å². The standard InChI is InChI=1S/C77H143NO13/c1-3-5-7-9-11-13-15-17-19-21-22-23-24-25-26-27-28-29-30-31-32-33-34-35-36-37-38-39-40-41-42-43-44-45-47-49-51-53-55-57-59-61-69(82)78-65(66(81)60-58-56-54-52-50-48-46-20-18-16-14-12-10-8-6-4-2)64-88-76-74(87)72(85)75(68(63-80)90-76)91-77-73(86)71(84)70(83)67(62-79)89-77/h18,20-22,50,52,58,60,65-68,70-77,79-81,83-87H,3-17,19,23-49,51,53-57,59,61-64H2,1-2H3,(H,78,82)/b20-18+,22-21-,52-50+,60-58+. The SMILES string of the molecule is CCCCCCCC/C=C/CC/C=C/CC/C=C/C(O)C(COC1OC(CO)C(OC2OC(CO)C(O)C(O)C2O)C(O)C1O)NC(=O)CCCCCCCCCCCCCCCCCCCCCCCCCCCCCCC/C=C\CCCCCCCCCC. The zero-order chi connectivity index (χ0) is 65.9. The fraction of sp³-hybridized carbons (Fsp3) is 0.883. The third kappa shape index (κ3) is 45.2. The number of aliphatic hydroxyl groups is 8. The molecule has 14 nitrogen and oxygen atoms in total. The summed E-state index contributed by atoms with van der Waals surface area (Å²) in [6, 6.07) is -0.937. The Labute approximate surface area is 556 Å². The van der Waals surface area contributed by atoms with E-state index in [0.29, 0.717) is 12.8 Å². The van der Waals surface area contributed by atoms with Gasteiger partial charge in [0.25, 0.3) is 0 Å². The topological polar surface area (TPSA) is 228 Å². The van der Waals surface area contributed by atoms with E-state index in [1.807, 2.05) is 6.08 Å². The molecule has 0 bridgehead atoms. The summed E-state index contributed by atoms with van der Waals surface area (Å²) in [7, 11) is 0. The Hall–Kier alpha value is -2.05. The molecule has 2 aliphatic rings. The van der Waals surface area contributed by atoms with E-state index >= 15 is 0 Å². The van der Waals surface area contributed by atoms with Crippen molar-refractivity contribution in [2.75, 3.05) is 19.8 Å². The van der Waals surface area contributed by atoms with Gasteiger partial charge in [-0.3, -0.25) is 4.79 Å². The average molecular weight is 1290 g/mol. The van der Waals surface area contributed by atoms with Crippen molar-refractivity contribution in [1.82, 2.24) is 5.32 Å². The van der Waals surface area contributed by atoms with Gasteiger partial charge in [-0.15, -0.1) is 0 Å². The highest BCUT2D eigenvalue weighted by molar-refractivity contribution is 5.76. The number of allylic oxidation sites excluding steroid dienone is 7. The maximum Gasteiger partial charge on any atom is 0.220 e. The van der Waals surface area contributed by atoms with Gasteiger partial charge in [-0.05, 0) is 70.6 Å². The molecule has 2 aliphatic heterocycles. The maximum atomic E-state index is 13.3. The zero-order valence-electron chi connectivity index (χ0n) is 58.3. The van der Waals surface area contributed by atoms with Gasteiger partial charge >= 0.3 is 0 Å². The van der Waals surface area contributed by atoms with E-state index in [2.05, 4.69) is 55.6 Å². The molecule has 9 N–H and O–H groups in total. The number of aliphatic hydroxyl groups excluding tert-OH is 8. The molecule has 0 saturated carbocycles. The second-order valence-corrected chi connectivity index (χ2v) is 27.1. The highest BCUT2D eigenvalue weighted by atomic mass is 16.7. The summed E-state index contributed by atoms with van der Waals surface area (Å²) in [5.41, 5.74) is 0. The van der Waals surface area contributed by atoms with Crippen LogP contribution in [0, 0.1) is 0 Å².